The van der Waals surface area contributed by atoms with Gasteiger partial charge in [0.05, 0.1) is 5.69 Å². The molecule has 1 aliphatic rings. The standard InChI is InChI=1S/C13H18ClN3S/c1-16(12-5-3-2-4-11(12)14)8-10-9-17-6-7-18-13(17)15-10/h6-7,9,11-12H,2-5,8H2,1H3. The van der Waals surface area contributed by atoms with E-state index in [1.807, 2.05) is 0 Å². The lowest BCUT2D eigenvalue weighted by Gasteiger charge is -2.34. The summed E-state index contributed by atoms with van der Waals surface area (Å²) in [5, 5.41) is 2.36. The molecule has 98 valence electrons. The molecule has 2 atom stereocenters. The molecule has 0 N–H and O–H groups in total. The number of halogens is 1. The quantitative estimate of drug-likeness (QED) is 0.805. The molecule has 2 aromatic heterocycles. The van der Waals surface area contributed by atoms with E-state index in [0.29, 0.717) is 11.4 Å². The zero-order valence-electron chi connectivity index (χ0n) is 10.6. The van der Waals surface area contributed by atoms with E-state index in [1.165, 1.54) is 19.3 Å². The van der Waals surface area contributed by atoms with Gasteiger partial charge in [0.2, 0.25) is 0 Å². The molecule has 0 aromatic carbocycles. The highest BCUT2D eigenvalue weighted by Gasteiger charge is 2.26. The van der Waals surface area contributed by atoms with Crippen LogP contribution in [0.2, 0.25) is 0 Å². The summed E-state index contributed by atoms with van der Waals surface area (Å²) in [5.74, 6) is 0. The minimum absolute atomic E-state index is 0.299. The third-order valence-electron chi connectivity index (χ3n) is 3.77. The number of alkyl halides is 1. The number of nitrogens with zero attached hydrogens (tertiary/aromatic N) is 3. The second-order valence-corrected chi connectivity index (χ2v) is 6.54. The zero-order valence-corrected chi connectivity index (χ0v) is 12.1. The molecular weight excluding hydrogens is 266 g/mol. The summed E-state index contributed by atoms with van der Waals surface area (Å²) in [6.45, 7) is 0.891. The summed E-state index contributed by atoms with van der Waals surface area (Å²) >= 11 is 8.11. The third-order valence-corrected chi connectivity index (χ3v) is 5.05. The predicted molar refractivity (Wildman–Crippen MR) is 76.4 cm³/mol. The van der Waals surface area contributed by atoms with Gasteiger partial charge in [0.25, 0.3) is 0 Å². The second-order valence-electron chi connectivity index (χ2n) is 5.11. The summed E-state index contributed by atoms with van der Waals surface area (Å²) < 4.78 is 2.09. The Morgan fingerprint density at radius 3 is 3.11 bits per heavy atom. The van der Waals surface area contributed by atoms with E-state index in [4.69, 9.17) is 11.6 Å². The average molecular weight is 284 g/mol. The van der Waals surface area contributed by atoms with E-state index in [2.05, 4.69) is 39.1 Å². The molecule has 0 aliphatic heterocycles. The van der Waals surface area contributed by atoms with E-state index in [-0.39, 0.29) is 0 Å². The minimum Gasteiger partial charge on any atom is -0.297 e. The molecule has 18 heavy (non-hydrogen) atoms. The molecule has 2 heterocycles. The average Bonchev–Trinajstić information content (AvgIpc) is 2.90. The number of imidazole rings is 1. The van der Waals surface area contributed by atoms with Crippen LogP contribution < -0.4 is 0 Å². The van der Waals surface area contributed by atoms with Gasteiger partial charge < -0.3 is 0 Å². The van der Waals surface area contributed by atoms with Crippen molar-refractivity contribution in [1.82, 2.24) is 14.3 Å². The number of rotatable bonds is 3. The summed E-state index contributed by atoms with van der Waals surface area (Å²) in [7, 11) is 2.17. The number of hydrogen-bond acceptors (Lipinski definition) is 3. The molecule has 0 spiro atoms. The first-order valence-electron chi connectivity index (χ1n) is 6.49. The van der Waals surface area contributed by atoms with Crippen LogP contribution in [0.1, 0.15) is 31.4 Å². The Labute approximate surface area is 116 Å². The fraction of sp³-hybridized carbons (Fsp3) is 0.615. The Morgan fingerprint density at radius 2 is 2.33 bits per heavy atom. The van der Waals surface area contributed by atoms with Gasteiger partial charge in [-0.3, -0.25) is 9.30 Å². The van der Waals surface area contributed by atoms with Crippen molar-refractivity contribution in [3.05, 3.63) is 23.5 Å². The summed E-state index contributed by atoms with van der Waals surface area (Å²) in [4.78, 5) is 8.07. The van der Waals surface area contributed by atoms with E-state index in [1.54, 1.807) is 11.3 Å². The van der Waals surface area contributed by atoms with E-state index in [0.717, 1.165) is 23.6 Å². The topological polar surface area (TPSA) is 20.5 Å². The van der Waals surface area contributed by atoms with Gasteiger partial charge in [-0.15, -0.1) is 22.9 Å². The Balaban J connectivity index is 1.69. The van der Waals surface area contributed by atoms with Gasteiger partial charge in [-0.05, 0) is 19.9 Å². The van der Waals surface area contributed by atoms with Crippen molar-refractivity contribution in [3.8, 4) is 0 Å². The Kier molecular flexibility index (Phi) is 3.59. The van der Waals surface area contributed by atoms with Crippen molar-refractivity contribution in [3.63, 3.8) is 0 Å². The summed E-state index contributed by atoms with van der Waals surface area (Å²) in [5.41, 5.74) is 1.14. The lowest BCUT2D eigenvalue weighted by molar-refractivity contribution is 0.187. The fourth-order valence-corrected chi connectivity index (χ4v) is 3.98. The third kappa shape index (κ3) is 2.42. The van der Waals surface area contributed by atoms with E-state index in [9.17, 15) is 0 Å². The van der Waals surface area contributed by atoms with Gasteiger partial charge in [-0.2, -0.15) is 0 Å². The largest absolute Gasteiger partial charge is 0.297 e. The van der Waals surface area contributed by atoms with E-state index >= 15 is 0 Å². The first kappa shape index (κ1) is 12.5. The van der Waals surface area contributed by atoms with Crippen molar-refractivity contribution in [2.75, 3.05) is 7.05 Å². The smallest absolute Gasteiger partial charge is 0.193 e. The highest BCUT2D eigenvalue weighted by molar-refractivity contribution is 7.15. The van der Waals surface area contributed by atoms with Crippen LogP contribution in [0.3, 0.4) is 0 Å². The fourth-order valence-electron chi connectivity index (χ4n) is 2.79. The molecule has 0 bridgehead atoms. The molecule has 3 nitrogen and oxygen atoms in total. The number of fused-ring (bicyclic) bond motifs is 1. The van der Waals surface area contributed by atoms with Crippen molar-refractivity contribution < 1.29 is 0 Å². The van der Waals surface area contributed by atoms with Gasteiger partial charge in [0.1, 0.15) is 0 Å². The van der Waals surface area contributed by atoms with Crippen LogP contribution in [-0.2, 0) is 6.54 Å². The van der Waals surface area contributed by atoms with Crippen LogP contribution in [-0.4, -0.2) is 32.8 Å². The van der Waals surface area contributed by atoms with Gasteiger partial charge in [-0.25, -0.2) is 4.98 Å². The van der Waals surface area contributed by atoms with Crippen LogP contribution in [0.5, 0.6) is 0 Å². The zero-order chi connectivity index (χ0) is 12.5. The molecule has 1 aliphatic carbocycles. The van der Waals surface area contributed by atoms with Crippen molar-refractivity contribution in [2.45, 2.75) is 43.6 Å². The Morgan fingerprint density at radius 1 is 1.50 bits per heavy atom. The SMILES string of the molecule is CN(Cc1cn2ccsc2n1)C1CCCCC1Cl. The number of thiazole rings is 1. The molecule has 1 fully saturated rings. The van der Waals surface area contributed by atoms with Crippen LogP contribution in [0, 0.1) is 0 Å². The van der Waals surface area contributed by atoms with Gasteiger partial charge in [0.15, 0.2) is 4.96 Å². The molecule has 0 amide bonds. The molecule has 0 saturated heterocycles. The summed E-state index contributed by atoms with van der Waals surface area (Å²) in [6.07, 6.45) is 9.12. The molecule has 0 radical (unpaired) electrons. The molecule has 2 unspecified atom stereocenters. The Hall–Kier alpha value is -0.580. The first-order chi connectivity index (χ1) is 8.74. The number of aromatic nitrogens is 2. The monoisotopic (exact) mass is 283 g/mol. The molecular formula is C13H18ClN3S. The van der Waals surface area contributed by atoms with Gasteiger partial charge >= 0.3 is 0 Å². The molecule has 3 rings (SSSR count). The second kappa shape index (κ2) is 5.19. The highest BCUT2D eigenvalue weighted by Crippen LogP contribution is 2.27. The maximum Gasteiger partial charge on any atom is 0.193 e. The summed E-state index contributed by atoms with van der Waals surface area (Å²) in [6, 6.07) is 0.500. The van der Waals surface area contributed by atoms with Gasteiger partial charge in [0, 0.05) is 35.7 Å². The van der Waals surface area contributed by atoms with E-state index < -0.39 is 0 Å². The lowest BCUT2D eigenvalue weighted by atomic mass is 9.94. The predicted octanol–water partition coefficient (Wildman–Crippen LogP) is 3.38. The van der Waals surface area contributed by atoms with Crippen molar-refractivity contribution in [2.24, 2.45) is 0 Å². The molecule has 1 saturated carbocycles. The van der Waals surface area contributed by atoms with Crippen LogP contribution in [0.25, 0.3) is 4.96 Å². The minimum atomic E-state index is 0.299. The van der Waals surface area contributed by atoms with Crippen molar-refractivity contribution in [1.29, 1.82) is 0 Å². The first-order valence-corrected chi connectivity index (χ1v) is 7.81. The Bertz CT molecular complexity index is 493. The van der Waals surface area contributed by atoms with Crippen LogP contribution in [0.4, 0.5) is 0 Å². The normalized spacial score (nSPS) is 25.1. The van der Waals surface area contributed by atoms with Crippen LogP contribution >= 0.6 is 22.9 Å². The molecule has 5 heteroatoms. The lowest BCUT2D eigenvalue weighted by Crippen LogP contribution is -2.40. The van der Waals surface area contributed by atoms with Crippen LogP contribution in [0.15, 0.2) is 17.8 Å². The number of hydrogen-bond donors (Lipinski definition) is 0. The maximum absolute atomic E-state index is 6.44. The van der Waals surface area contributed by atoms with Gasteiger partial charge in [-0.1, -0.05) is 12.8 Å². The van der Waals surface area contributed by atoms with Crippen molar-refractivity contribution >= 4 is 27.9 Å². The molecule has 2 aromatic rings. The maximum atomic E-state index is 6.44. The highest BCUT2D eigenvalue weighted by atomic mass is 35.5.